The maximum atomic E-state index is 11.0. The second kappa shape index (κ2) is 7.44. The summed E-state index contributed by atoms with van der Waals surface area (Å²) in [5, 5.41) is 19.9. The summed E-state index contributed by atoms with van der Waals surface area (Å²) in [5.41, 5.74) is -0.600. The van der Waals surface area contributed by atoms with Gasteiger partial charge in [0.05, 0.1) is 11.5 Å². The first kappa shape index (κ1) is 15.9. The second-order valence-electron chi connectivity index (χ2n) is 4.53. The van der Waals surface area contributed by atoms with Crippen LogP contribution in [-0.4, -0.2) is 35.8 Å². The summed E-state index contributed by atoms with van der Waals surface area (Å²) in [5.74, 6) is -1.14. The molecule has 0 amide bonds. The van der Waals surface area contributed by atoms with E-state index in [4.69, 9.17) is 14.6 Å². The van der Waals surface area contributed by atoms with Crippen molar-refractivity contribution >= 4 is 11.7 Å². The molecule has 0 aliphatic heterocycles. The minimum Gasteiger partial charge on any atom is -0.484 e. The molecule has 0 bridgehead atoms. The molecule has 0 fully saturated rings. The molecule has 0 spiro atoms. The first-order valence-corrected chi connectivity index (χ1v) is 6.14. The third kappa shape index (κ3) is 4.51. The van der Waals surface area contributed by atoms with Gasteiger partial charge in [-0.05, 0) is 12.0 Å². The highest BCUT2D eigenvalue weighted by Gasteiger charge is 2.22. The van der Waals surface area contributed by atoms with Crippen LogP contribution < -0.4 is 4.74 Å². The monoisotopic (exact) mass is 283 g/mol. The summed E-state index contributed by atoms with van der Waals surface area (Å²) < 4.78 is 10.5. The standard InChI is InChI=1S/C13H17NO6/c1-9(2)8-19-6-7-20-12-10(13(15)16)4-3-5-11(12)14(17)18/h3-5,9H,6-8H2,1-2H3,(H,15,16). The molecule has 0 radical (unpaired) electrons. The largest absolute Gasteiger partial charge is 0.484 e. The quantitative estimate of drug-likeness (QED) is 0.446. The zero-order chi connectivity index (χ0) is 15.1. The van der Waals surface area contributed by atoms with Crippen molar-refractivity contribution in [2.24, 2.45) is 5.92 Å². The molecule has 1 N–H and O–H groups in total. The molecule has 1 aromatic carbocycles. The zero-order valence-electron chi connectivity index (χ0n) is 11.4. The van der Waals surface area contributed by atoms with Gasteiger partial charge < -0.3 is 14.6 Å². The van der Waals surface area contributed by atoms with Gasteiger partial charge in [0, 0.05) is 12.7 Å². The average Bonchev–Trinajstić information content (AvgIpc) is 2.37. The number of nitrogens with zero attached hydrogens (tertiary/aromatic N) is 1. The van der Waals surface area contributed by atoms with Gasteiger partial charge in [-0.15, -0.1) is 0 Å². The Labute approximate surface area is 116 Å². The van der Waals surface area contributed by atoms with Crippen LogP contribution in [0.25, 0.3) is 0 Å². The number of ether oxygens (including phenoxy) is 2. The molecular formula is C13H17NO6. The van der Waals surface area contributed by atoms with E-state index in [2.05, 4.69) is 0 Å². The van der Waals surface area contributed by atoms with Crippen LogP contribution in [-0.2, 0) is 4.74 Å². The number of hydrogen-bond acceptors (Lipinski definition) is 5. The predicted octanol–water partition coefficient (Wildman–Crippen LogP) is 2.34. The van der Waals surface area contributed by atoms with Crippen molar-refractivity contribution < 1.29 is 24.3 Å². The lowest BCUT2D eigenvalue weighted by molar-refractivity contribution is -0.385. The van der Waals surface area contributed by atoms with Crippen LogP contribution in [0.5, 0.6) is 5.75 Å². The number of carboxylic acids is 1. The lowest BCUT2D eigenvalue weighted by atomic mass is 10.2. The summed E-state index contributed by atoms with van der Waals surface area (Å²) in [6, 6.07) is 3.78. The third-order valence-corrected chi connectivity index (χ3v) is 2.35. The van der Waals surface area contributed by atoms with Gasteiger partial charge >= 0.3 is 11.7 Å². The molecule has 0 saturated carbocycles. The topological polar surface area (TPSA) is 98.9 Å². The fourth-order valence-corrected chi connectivity index (χ4v) is 1.51. The summed E-state index contributed by atoms with van der Waals surface area (Å²) in [6.07, 6.45) is 0. The van der Waals surface area contributed by atoms with E-state index in [9.17, 15) is 14.9 Å². The molecule has 0 saturated heterocycles. The molecule has 0 heterocycles. The maximum Gasteiger partial charge on any atom is 0.339 e. The minimum absolute atomic E-state index is 0.0534. The Balaban J connectivity index is 2.76. The van der Waals surface area contributed by atoms with E-state index < -0.39 is 10.9 Å². The number of benzene rings is 1. The van der Waals surface area contributed by atoms with Gasteiger partial charge in [0.2, 0.25) is 5.75 Å². The Bertz CT molecular complexity index is 453. The Morgan fingerprint density at radius 1 is 1.40 bits per heavy atom. The fraction of sp³-hybridized carbons (Fsp3) is 0.462. The molecule has 1 rings (SSSR count). The Hall–Kier alpha value is -2.15. The van der Waals surface area contributed by atoms with Gasteiger partial charge in [0.15, 0.2) is 0 Å². The smallest absolute Gasteiger partial charge is 0.339 e. The first-order chi connectivity index (χ1) is 9.43. The molecule has 1 aromatic rings. The van der Waals surface area contributed by atoms with Crippen LogP contribution in [0.3, 0.4) is 0 Å². The van der Waals surface area contributed by atoms with Crippen molar-refractivity contribution in [1.82, 2.24) is 0 Å². The van der Waals surface area contributed by atoms with Crippen molar-refractivity contribution in [1.29, 1.82) is 0 Å². The highest BCUT2D eigenvalue weighted by molar-refractivity contribution is 5.92. The number of hydrogen-bond donors (Lipinski definition) is 1. The molecule has 0 aliphatic carbocycles. The van der Waals surface area contributed by atoms with Crippen molar-refractivity contribution in [3.05, 3.63) is 33.9 Å². The predicted molar refractivity (Wildman–Crippen MR) is 71.2 cm³/mol. The van der Waals surface area contributed by atoms with E-state index in [-0.39, 0.29) is 30.2 Å². The van der Waals surface area contributed by atoms with E-state index in [0.29, 0.717) is 12.5 Å². The van der Waals surface area contributed by atoms with E-state index in [1.54, 1.807) is 0 Å². The van der Waals surface area contributed by atoms with E-state index in [1.165, 1.54) is 18.2 Å². The number of para-hydroxylation sites is 1. The SMILES string of the molecule is CC(C)COCCOc1c(C(=O)O)cccc1[N+](=O)[O-]. The molecule has 7 heteroatoms. The van der Waals surface area contributed by atoms with Gasteiger partial charge in [-0.3, -0.25) is 10.1 Å². The molecular weight excluding hydrogens is 266 g/mol. The third-order valence-electron chi connectivity index (χ3n) is 2.35. The number of rotatable bonds is 8. The second-order valence-corrected chi connectivity index (χ2v) is 4.53. The molecule has 0 atom stereocenters. The molecule has 0 unspecified atom stereocenters. The number of nitro groups is 1. The van der Waals surface area contributed by atoms with Gasteiger partial charge in [0.25, 0.3) is 0 Å². The number of carbonyl (C=O) groups is 1. The summed E-state index contributed by atoms with van der Waals surface area (Å²) in [4.78, 5) is 21.2. The van der Waals surface area contributed by atoms with Crippen LogP contribution in [0, 0.1) is 16.0 Å². The number of aromatic carboxylic acids is 1. The number of nitro benzene ring substituents is 1. The first-order valence-electron chi connectivity index (χ1n) is 6.14. The summed E-state index contributed by atoms with van der Waals surface area (Å²) in [7, 11) is 0. The lowest BCUT2D eigenvalue weighted by Gasteiger charge is -2.10. The zero-order valence-corrected chi connectivity index (χ0v) is 11.4. The minimum atomic E-state index is -1.27. The molecule has 0 aliphatic rings. The van der Waals surface area contributed by atoms with Crippen LogP contribution >= 0.6 is 0 Å². The van der Waals surface area contributed by atoms with Crippen LogP contribution in [0.4, 0.5) is 5.69 Å². The Morgan fingerprint density at radius 2 is 2.10 bits per heavy atom. The Morgan fingerprint density at radius 3 is 2.65 bits per heavy atom. The molecule has 0 aromatic heterocycles. The normalized spacial score (nSPS) is 10.6. The van der Waals surface area contributed by atoms with Crippen LogP contribution in [0.1, 0.15) is 24.2 Å². The fourth-order valence-electron chi connectivity index (χ4n) is 1.51. The van der Waals surface area contributed by atoms with Crippen LogP contribution in [0.2, 0.25) is 0 Å². The highest BCUT2D eigenvalue weighted by atomic mass is 16.6. The van der Waals surface area contributed by atoms with Gasteiger partial charge in [-0.25, -0.2) is 4.79 Å². The molecule has 7 nitrogen and oxygen atoms in total. The van der Waals surface area contributed by atoms with Crippen molar-refractivity contribution in [3.63, 3.8) is 0 Å². The summed E-state index contributed by atoms with van der Waals surface area (Å²) >= 11 is 0. The molecule has 110 valence electrons. The van der Waals surface area contributed by atoms with Gasteiger partial charge in [-0.2, -0.15) is 0 Å². The molecule has 20 heavy (non-hydrogen) atoms. The highest BCUT2D eigenvalue weighted by Crippen LogP contribution is 2.30. The van der Waals surface area contributed by atoms with Gasteiger partial charge in [0.1, 0.15) is 12.2 Å². The van der Waals surface area contributed by atoms with Gasteiger partial charge in [-0.1, -0.05) is 19.9 Å². The lowest BCUT2D eigenvalue weighted by Crippen LogP contribution is -2.13. The Kier molecular flexibility index (Phi) is 5.92. The maximum absolute atomic E-state index is 11.0. The van der Waals surface area contributed by atoms with Crippen molar-refractivity contribution in [2.45, 2.75) is 13.8 Å². The van der Waals surface area contributed by atoms with E-state index >= 15 is 0 Å². The average molecular weight is 283 g/mol. The van der Waals surface area contributed by atoms with Crippen molar-refractivity contribution in [2.75, 3.05) is 19.8 Å². The summed E-state index contributed by atoms with van der Waals surface area (Å²) in [6.45, 7) is 4.82. The van der Waals surface area contributed by atoms with E-state index in [1.807, 2.05) is 13.8 Å². The van der Waals surface area contributed by atoms with E-state index in [0.717, 1.165) is 0 Å². The number of carboxylic acid groups (broad SMARTS) is 1. The van der Waals surface area contributed by atoms with Crippen LogP contribution in [0.15, 0.2) is 18.2 Å². The van der Waals surface area contributed by atoms with Crippen molar-refractivity contribution in [3.8, 4) is 5.75 Å².